The van der Waals surface area contributed by atoms with Crippen molar-refractivity contribution in [3.05, 3.63) is 54.0 Å². The van der Waals surface area contributed by atoms with Crippen molar-refractivity contribution in [2.45, 2.75) is 52.3 Å². The molecule has 0 unspecified atom stereocenters. The molecule has 1 atom stereocenters. The number of anilines is 1. The number of benzene rings is 1. The monoisotopic (exact) mass is 413 g/mol. The van der Waals surface area contributed by atoms with Crippen LogP contribution in [0.25, 0.3) is 0 Å². The lowest BCUT2D eigenvalue weighted by Crippen LogP contribution is -2.48. The molecule has 1 N–H and O–H groups in total. The van der Waals surface area contributed by atoms with Gasteiger partial charge in [0.25, 0.3) is 0 Å². The zero-order valence-electron chi connectivity index (χ0n) is 18.0. The van der Waals surface area contributed by atoms with E-state index in [1.165, 1.54) is 0 Å². The first-order valence-electron chi connectivity index (χ1n) is 10.5. The first kappa shape index (κ1) is 21.9. The summed E-state index contributed by atoms with van der Waals surface area (Å²) in [7, 11) is 0. The molecule has 7 heteroatoms. The standard InChI is InChI=1S/C23H31N3O4/c1-17(2)26(23(28)24-19-8-4-7-18(3)13-19)16-22(27)25(14-20-9-5-11-29-20)15-21-10-6-12-30-21/h4-5,7-9,11,13,17,21H,6,10,12,14-16H2,1-3H3,(H,24,28)/t21-/m1/s1. The van der Waals surface area contributed by atoms with Crippen LogP contribution in [0.1, 0.15) is 38.0 Å². The molecule has 0 spiro atoms. The van der Waals surface area contributed by atoms with E-state index < -0.39 is 0 Å². The van der Waals surface area contributed by atoms with Crippen molar-refractivity contribution in [3.8, 4) is 0 Å². The molecule has 1 aromatic carbocycles. The Kier molecular flexibility index (Phi) is 7.52. The fourth-order valence-electron chi connectivity index (χ4n) is 3.53. The van der Waals surface area contributed by atoms with Crippen molar-refractivity contribution in [2.75, 3.05) is 25.0 Å². The molecule has 0 saturated carbocycles. The summed E-state index contributed by atoms with van der Waals surface area (Å²) in [6, 6.07) is 10.8. The number of rotatable bonds is 8. The van der Waals surface area contributed by atoms with Gasteiger partial charge in [0, 0.05) is 24.9 Å². The Hall–Kier alpha value is -2.80. The van der Waals surface area contributed by atoms with Crippen LogP contribution in [0.15, 0.2) is 47.1 Å². The van der Waals surface area contributed by atoms with E-state index in [0.29, 0.717) is 24.5 Å². The van der Waals surface area contributed by atoms with Crippen molar-refractivity contribution >= 4 is 17.6 Å². The highest BCUT2D eigenvalue weighted by Gasteiger charge is 2.27. The van der Waals surface area contributed by atoms with Crippen molar-refractivity contribution < 1.29 is 18.7 Å². The minimum atomic E-state index is -0.293. The first-order valence-corrected chi connectivity index (χ1v) is 10.5. The Morgan fingerprint density at radius 2 is 2.07 bits per heavy atom. The molecule has 162 valence electrons. The van der Waals surface area contributed by atoms with Gasteiger partial charge in [0.15, 0.2) is 0 Å². The van der Waals surface area contributed by atoms with Gasteiger partial charge in [-0.1, -0.05) is 12.1 Å². The topological polar surface area (TPSA) is 75.0 Å². The molecule has 0 bridgehead atoms. The first-order chi connectivity index (χ1) is 14.4. The number of ether oxygens (including phenoxy) is 1. The average molecular weight is 414 g/mol. The highest BCUT2D eigenvalue weighted by molar-refractivity contribution is 5.92. The third kappa shape index (κ3) is 6.10. The molecule has 3 rings (SSSR count). The zero-order chi connectivity index (χ0) is 21.5. The fourth-order valence-corrected chi connectivity index (χ4v) is 3.53. The number of hydrogen-bond acceptors (Lipinski definition) is 4. The van der Waals surface area contributed by atoms with Gasteiger partial charge in [-0.05, 0) is 63.4 Å². The predicted molar refractivity (Wildman–Crippen MR) is 115 cm³/mol. The molecule has 2 aromatic rings. The quantitative estimate of drug-likeness (QED) is 0.709. The molecule has 1 aliphatic heterocycles. The molecular weight excluding hydrogens is 382 g/mol. The number of nitrogens with zero attached hydrogens (tertiary/aromatic N) is 2. The van der Waals surface area contributed by atoms with Crippen LogP contribution in [0, 0.1) is 6.92 Å². The van der Waals surface area contributed by atoms with Gasteiger partial charge in [-0.2, -0.15) is 0 Å². The number of carbonyl (C=O) groups is 2. The Balaban J connectivity index is 1.68. The molecule has 1 aromatic heterocycles. The molecule has 0 radical (unpaired) electrons. The molecule has 30 heavy (non-hydrogen) atoms. The Labute approximate surface area is 178 Å². The van der Waals surface area contributed by atoms with Crippen molar-refractivity contribution in [2.24, 2.45) is 0 Å². The Morgan fingerprint density at radius 3 is 2.70 bits per heavy atom. The number of carbonyl (C=O) groups excluding carboxylic acids is 2. The Bertz CT molecular complexity index is 829. The lowest BCUT2D eigenvalue weighted by atomic mass is 10.2. The number of urea groups is 1. The van der Waals surface area contributed by atoms with E-state index in [4.69, 9.17) is 9.15 Å². The maximum absolute atomic E-state index is 13.2. The van der Waals surface area contributed by atoms with Crippen LogP contribution in [0.2, 0.25) is 0 Å². The van der Waals surface area contributed by atoms with Crippen molar-refractivity contribution in [1.29, 1.82) is 0 Å². The van der Waals surface area contributed by atoms with Crippen molar-refractivity contribution in [1.82, 2.24) is 9.80 Å². The van der Waals surface area contributed by atoms with E-state index >= 15 is 0 Å². The third-order valence-electron chi connectivity index (χ3n) is 5.19. The highest BCUT2D eigenvalue weighted by atomic mass is 16.5. The summed E-state index contributed by atoms with van der Waals surface area (Å²) in [4.78, 5) is 29.4. The van der Waals surface area contributed by atoms with Crippen LogP contribution in [-0.4, -0.2) is 53.6 Å². The minimum Gasteiger partial charge on any atom is -0.467 e. The smallest absolute Gasteiger partial charge is 0.322 e. The summed E-state index contributed by atoms with van der Waals surface area (Å²) in [5, 5.41) is 2.90. The van der Waals surface area contributed by atoms with Gasteiger partial charge in [-0.3, -0.25) is 4.79 Å². The zero-order valence-corrected chi connectivity index (χ0v) is 18.0. The maximum Gasteiger partial charge on any atom is 0.322 e. The van der Waals surface area contributed by atoms with Crippen LogP contribution in [0.3, 0.4) is 0 Å². The van der Waals surface area contributed by atoms with Gasteiger partial charge in [-0.25, -0.2) is 4.79 Å². The van der Waals surface area contributed by atoms with Gasteiger partial charge < -0.3 is 24.3 Å². The number of hydrogen-bond donors (Lipinski definition) is 1. The van der Waals surface area contributed by atoms with E-state index in [2.05, 4.69) is 5.32 Å². The summed E-state index contributed by atoms with van der Waals surface area (Å²) in [5.41, 5.74) is 1.77. The minimum absolute atomic E-state index is 0.0112. The summed E-state index contributed by atoms with van der Waals surface area (Å²) >= 11 is 0. The number of furan rings is 1. The molecule has 0 aliphatic carbocycles. The second-order valence-electron chi connectivity index (χ2n) is 8.01. The van der Waals surface area contributed by atoms with E-state index in [1.807, 2.05) is 51.1 Å². The van der Waals surface area contributed by atoms with Crippen LogP contribution >= 0.6 is 0 Å². The van der Waals surface area contributed by atoms with Crippen molar-refractivity contribution in [3.63, 3.8) is 0 Å². The van der Waals surface area contributed by atoms with E-state index in [1.54, 1.807) is 22.1 Å². The summed E-state index contributed by atoms with van der Waals surface area (Å²) in [5.74, 6) is 0.580. The van der Waals surface area contributed by atoms with Gasteiger partial charge >= 0.3 is 6.03 Å². The van der Waals surface area contributed by atoms with Gasteiger partial charge in [-0.15, -0.1) is 0 Å². The van der Waals surface area contributed by atoms with Gasteiger partial charge in [0.1, 0.15) is 12.3 Å². The molecule has 1 aliphatic rings. The summed E-state index contributed by atoms with van der Waals surface area (Å²) < 4.78 is 11.2. The van der Waals surface area contributed by atoms with Crippen LogP contribution in [0.4, 0.5) is 10.5 Å². The van der Waals surface area contributed by atoms with Crippen LogP contribution in [-0.2, 0) is 16.1 Å². The Morgan fingerprint density at radius 1 is 1.23 bits per heavy atom. The number of amides is 3. The third-order valence-corrected chi connectivity index (χ3v) is 5.19. The van der Waals surface area contributed by atoms with E-state index in [-0.39, 0.29) is 30.6 Å². The van der Waals surface area contributed by atoms with Crippen LogP contribution in [0.5, 0.6) is 0 Å². The molecule has 1 saturated heterocycles. The van der Waals surface area contributed by atoms with Gasteiger partial charge in [0.05, 0.1) is 18.9 Å². The van der Waals surface area contributed by atoms with E-state index in [0.717, 1.165) is 25.0 Å². The maximum atomic E-state index is 13.2. The second-order valence-corrected chi connectivity index (χ2v) is 8.01. The average Bonchev–Trinajstić information content (AvgIpc) is 3.39. The molecule has 1 fully saturated rings. The number of aryl methyl sites for hydroxylation is 1. The molecule has 3 amide bonds. The predicted octanol–water partition coefficient (Wildman–Crippen LogP) is 4.04. The SMILES string of the molecule is Cc1cccc(NC(=O)N(CC(=O)N(Cc2ccco2)C[C@H]2CCCO2)C(C)C)c1. The summed E-state index contributed by atoms with van der Waals surface area (Å²) in [6.45, 7) is 7.34. The normalized spacial score (nSPS) is 15.9. The van der Waals surface area contributed by atoms with Crippen LogP contribution < -0.4 is 5.32 Å². The largest absolute Gasteiger partial charge is 0.467 e. The number of nitrogens with one attached hydrogen (secondary N) is 1. The second kappa shape index (κ2) is 10.3. The highest BCUT2D eigenvalue weighted by Crippen LogP contribution is 2.17. The lowest BCUT2D eigenvalue weighted by Gasteiger charge is -2.31. The summed E-state index contributed by atoms with van der Waals surface area (Å²) in [6.07, 6.45) is 3.56. The lowest BCUT2D eigenvalue weighted by molar-refractivity contribution is -0.134. The van der Waals surface area contributed by atoms with E-state index in [9.17, 15) is 9.59 Å². The molecule has 7 nitrogen and oxygen atoms in total. The molecule has 2 heterocycles. The van der Waals surface area contributed by atoms with Gasteiger partial charge in [0.2, 0.25) is 5.91 Å². The molecular formula is C23H31N3O4. The fraction of sp³-hybridized carbons (Fsp3) is 0.478.